The Hall–Kier alpha value is -4.79. The molecule has 49 heavy (non-hydrogen) atoms. The van der Waals surface area contributed by atoms with Gasteiger partial charge in [-0.25, -0.2) is 0 Å². The summed E-state index contributed by atoms with van der Waals surface area (Å²) in [5.41, 5.74) is -10.2. The second-order valence-electron chi connectivity index (χ2n) is 8.90. The maximum absolute atomic E-state index is 13.2. The summed E-state index contributed by atoms with van der Waals surface area (Å²) >= 11 is 0. The molecule has 0 spiro atoms. The van der Waals surface area contributed by atoms with E-state index < -0.39 is 81.5 Å². The molecule has 0 aromatic heterocycles. The maximum Gasteiger partial charge on any atom is 2.00 e. The maximum atomic E-state index is 13.2. The van der Waals surface area contributed by atoms with Crippen LogP contribution < -0.4 is 10.2 Å². The number of halogens is 12. The number of hydrogen-bond donors (Lipinski definition) is 2. The van der Waals surface area contributed by atoms with Crippen molar-refractivity contribution in [1.29, 1.82) is 0 Å². The van der Waals surface area contributed by atoms with Crippen molar-refractivity contribution in [2.45, 2.75) is 38.6 Å². The smallest absolute Gasteiger partial charge is 0.550 e. The molecule has 3 aromatic carbocycles. The number of phenols is 2. The van der Waals surface area contributed by atoms with E-state index in [4.69, 9.17) is 19.8 Å². The van der Waals surface area contributed by atoms with E-state index in [1.165, 1.54) is 12.1 Å². The van der Waals surface area contributed by atoms with Gasteiger partial charge in [0.1, 0.15) is 11.5 Å². The first kappa shape index (κ1) is 44.2. The summed E-state index contributed by atoms with van der Waals surface area (Å²) in [6, 6.07) is 4.49. The Morgan fingerprint density at radius 2 is 0.857 bits per heavy atom. The quantitative estimate of drug-likeness (QED) is 0.240. The molecular formula is C28H18CoF12N2O6. The van der Waals surface area contributed by atoms with Crippen LogP contribution in [0.15, 0.2) is 58.5 Å². The van der Waals surface area contributed by atoms with Crippen LogP contribution in [0.4, 0.5) is 64.1 Å². The first-order valence-corrected chi connectivity index (χ1v) is 12.2. The van der Waals surface area contributed by atoms with Crippen LogP contribution in [0.2, 0.25) is 0 Å². The Morgan fingerprint density at radius 1 is 0.592 bits per heavy atom. The van der Waals surface area contributed by atoms with Crippen LogP contribution in [-0.2, 0) is 51.1 Å². The third-order valence-corrected chi connectivity index (χ3v) is 5.11. The standard InChI is InChI=1S/C24H12F12N2O2.2C2H4O2.Co/c25-21(26,27)13-5-11(19(39)15(7-13)23(31,32)33)9-37-17-3-1-2-4-18(17)38-10-12-6-14(22(28,29)30)8-16(20(12)40)24(34,35)36;2*1-2(3)4;/h1-10,39-40H;2*1H3,(H,3,4);/q;;;+2/p-2. The van der Waals surface area contributed by atoms with Crippen LogP contribution in [0.25, 0.3) is 0 Å². The predicted molar refractivity (Wildman–Crippen MR) is 139 cm³/mol. The number of aliphatic imine (C=N–C) groups is 2. The predicted octanol–water partition coefficient (Wildman–Crippen LogP) is 6.18. The SMILES string of the molecule is CC(=O)[O-].CC(=O)[O-].Oc1c(C=Nc2ccccc2N=Cc2cc(C(F)(F)F)cc(C(F)(F)F)c2O)cc(C(F)(F)F)cc1C(F)(F)F.[Co+2]. The number of carboxylic acids is 2. The number of carbonyl (C=O) groups excluding carboxylic acids is 2. The van der Waals surface area contributed by atoms with Gasteiger partial charge in [-0.05, 0) is 50.2 Å². The molecule has 0 amide bonds. The number of carbonyl (C=O) groups is 2. The van der Waals surface area contributed by atoms with E-state index >= 15 is 0 Å². The van der Waals surface area contributed by atoms with Gasteiger partial charge in [0.25, 0.3) is 0 Å². The minimum atomic E-state index is -5.38. The van der Waals surface area contributed by atoms with Gasteiger partial charge in [0.2, 0.25) is 0 Å². The zero-order chi connectivity index (χ0) is 37.4. The van der Waals surface area contributed by atoms with E-state index in [9.17, 15) is 62.9 Å². The summed E-state index contributed by atoms with van der Waals surface area (Å²) in [5, 5.41) is 37.6. The largest absolute Gasteiger partial charge is 2.00 e. The van der Waals surface area contributed by atoms with Crippen molar-refractivity contribution in [2.24, 2.45) is 9.98 Å². The third-order valence-electron chi connectivity index (χ3n) is 5.11. The molecule has 21 heteroatoms. The van der Waals surface area contributed by atoms with Crippen molar-refractivity contribution in [3.05, 3.63) is 81.9 Å². The molecule has 0 fully saturated rings. The second kappa shape index (κ2) is 17.0. The molecule has 8 nitrogen and oxygen atoms in total. The molecule has 1 radical (unpaired) electrons. The van der Waals surface area contributed by atoms with Gasteiger partial charge in [0.05, 0.1) is 33.6 Å². The van der Waals surface area contributed by atoms with E-state index in [0.717, 1.165) is 26.0 Å². The molecule has 0 aliphatic carbocycles. The monoisotopic (exact) mass is 765 g/mol. The van der Waals surface area contributed by atoms with Crippen LogP contribution in [0.1, 0.15) is 47.2 Å². The molecule has 0 bridgehead atoms. The van der Waals surface area contributed by atoms with Crippen LogP contribution >= 0.6 is 0 Å². The van der Waals surface area contributed by atoms with Crippen LogP contribution in [0.5, 0.6) is 11.5 Å². The number of alkyl halides is 12. The minimum absolute atomic E-state index is 0. The van der Waals surface area contributed by atoms with E-state index in [1.54, 1.807) is 0 Å². The molecule has 3 rings (SSSR count). The average Bonchev–Trinajstić information content (AvgIpc) is 2.89. The summed E-state index contributed by atoms with van der Waals surface area (Å²) in [6.07, 6.45) is -20.4. The fourth-order valence-corrected chi connectivity index (χ4v) is 3.23. The Bertz CT molecular complexity index is 1550. The minimum Gasteiger partial charge on any atom is -0.550 e. The van der Waals surface area contributed by atoms with Crippen molar-refractivity contribution in [1.82, 2.24) is 0 Å². The first-order valence-electron chi connectivity index (χ1n) is 12.2. The first-order chi connectivity index (χ1) is 21.7. The van der Waals surface area contributed by atoms with E-state index in [-0.39, 0.29) is 52.4 Å². The van der Waals surface area contributed by atoms with E-state index in [1.807, 2.05) is 0 Å². The molecule has 0 saturated carbocycles. The van der Waals surface area contributed by atoms with Crippen LogP contribution in [0, 0.1) is 0 Å². The molecule has 0 aliphatic rings. The normalized spacial score (nSPS) is 12.0. The van der Waals surface area contributed by atoms with Gasteiger partial charge >= 0.3 is 41.5 Å². The van der Waals surface area contributed by atoms with Gasteiger partial charge in [-0.1, -0.05) is 12.1 Å². The molecule has 2 N–H and O–H groups in total. The molecule has 0 saturated heterocycles. The number of hydrogen-bond acceptors (Lipinski definition) is 8. The Balaban J connectivity index is 0.00000230. The van der Waals surface area contributed by atoms with Gasteiger partial charge in [-0.15, -0.1) is 0 Å². The zero-order valence-corrected chi connectivity index (χ0v) is 25.1. The zero-order valence-electron chi connectivity index (χ0n) is 24.1. The number of para-hydroxylation sites is 2. The summed E-state index contributed by atoms with van der Waals surface area (Å²) in [6.45, 7) is 1.94. The summed E-state index contributed by atoms with van der Waals surface area (Å²) in [4.78, 5) is 25.1. The van der Waals surface area contributed by atoms with Crippen molar-refractivity contribution in [3.63, 3.8) is 0 Å². The number of aromatic hydroxyl groups is 2. The topological polar surface area (TPSA) is 145 Å². The number of nitrogens with zero attached hydrogens (tertiary/aromatic N) is 2. The van der Waals surface area contributed by atoms with Gasteiger partial charge in [0.15, 0.2) is 0 Å². The number of benzene rings is 3. The third kappa shape index (κ3) is 14.1. The van der Waals surface area contributed by atoms with E-state index in [0.29, 0.717) is 12.4 Å². The summed E-state index contributed by atoms with van der Waals surface area (Å²) < 4.78 is 158. The molecule has 0 atom stereocenters. The average molecular weight is 765 g/mol. The van der Waals surface area contributed by atoms with E-state index in [2.05, 4.69) is 9.98 Å². The molecule has 0 aliphatic heterocycles. The molecular weight excluding hydrogens is 747 g/mol. The fraction of sp³-hybridized carbons (Fsp3) is 0.214. The van der Waals surface area contributed by atoms with Gasteiger partial charge in [-0.2, -0.15) is 52.7 Å². The number of rotatable bonds is 4. The van der Waals surface area contributed by atoms with Gasteiger partial charge < -0.3 is 30.0 Å². The molecule has 3 aromatic rings. The van der Waals surface area contributed by atoms with Crippen molar-refractivity contribution < 1.29 is 99.5 Å². The van der Waals surface area contributed by atoms with Crippen LogP contribution in [0.3, 0.4) is 0 Å². The van der Waals surface area contributed by atoms with Crippen LogP contribution in [-0.4, -0.2) is 34.6 Å². The number of phenolic OH excluding ortho intramolecular Hbond substituents is 2. The Kier molecular flexibility index (Phi) is 15.4. The summed E-state index contributed by atoms with van der Waals surface area (Å²) in [7, 11) is 0. The second-order valence-corrected chi connectivity index (χ2v) is 8.90. The van der Waals surface area contributed by atoms with Crippen molar-refractivity contribution in [2.75, 3.05) is 0 Å². The molecule has 0 unspecified atom stereocenters. The number of carboxylic acid groups (broad SMARTS) is 2. The Labute approximate surface area is 277 Å². The fourth-order valence-electron chi connectivity index (χ4n) is 3.23. The Morgan fingerprint density at radius 3 is 1.08 bits per heavy atom. The number of aliphatic carboxylic acids is 2. The summed E-state index contributed by atoms with van der Waals surface area (Å²) in [5.74, 6) is -5.34. The van der Waals surface area contributed by atoms with Gasteiger partial charge in [0, 0.05) is 35.5 Å². The molecule has 269 valence electrons. The molecule has 0 heterocycles. The van der Waals surface area contributed by atoms with Crippen molar-refractivity contribution >= 4 is 35.7 Å². The van der Waals surface area contributed by atoms with Gasteiger partial charge in [-0.3, -0.25) is 9.98 Å². The van der Waals surface area contributed by atoms with Crippen molar-refractivity contribution in [3.8, 4) is 11.5 Å².